The predicted molar refractivity (Wildman–Crippen MR) is 98.2 cm³/mol. The van der Waals surface area contributed by atoms with Crippen LogP contribution in [0.4, 0.5) is 4.79 Å². The number of nitrogens with zero attached hydrogens (tertiary/aromatic N) is 3. The average Bonchev–Trinajstić information content (AvgIpc) is 2.65. The molecule has 1 heterocycles. The number of carbonyl (C=O) groups is 3. The van der Waals surface area contributed by atoms with Gasteiger partial charge in [0, 0.05) is 19.5 Å². The molecule has 0 bridgehead atoms. The van der Waals surface area contributed by atoms with Gasteiger partial charge in [0.1, 0.15) is 5.92 Å². The molecule has 0 fully saturated rings. The molecule has 1 unspecified atom stereocenters. The third-order valence-electron chi connectivity index (χ3n) is 4.08. The summed E-state index contributed by atoms with van der Waals surface area (Å²) in [5.41, 5.74) is 0.654. The molecule has 0 aromatic rings. The Morgan fingerprint density at radius 3 is 2.81 bits per heavy atom. The van der Waals surface area contributed by atoms with Crippen LogP contribution in [0, 0.1) is 5.92 Å². The van der Waals surface area contributed by atoms with Crippen LogP contribution in [0.3, 0.4) is 0 Å². The number of aliphatic imine (C=N–C) groups is 2. The molecule has 0 spiro atoms. The number of unbranched alkanes of at least 4 members (excludes halogenated alkanes) is 1. The van der Waals surface area contributed by atoms with E-state index in [1.54, 1.807) is 23.1 Å². The minimum absolute atomic E-state index is 0.171. The van der Waals surface area contributed by atoms with Crippen LogP contribution in [0.15, 0.2) is 34.3 Å². The van der Waals surface area contributed by atoms with Gasteiger partial charge in [0.25, 0.3) is 5.91 Å². The summed E-state index contributed by atoms with van der Waals surface area (Å²) in [5, 5.41) is 2.80. The molecule has 8 nitrogen and oxygen atoms in total. The number of rotatable bonds is 8. The molecule has 1 aliphatic carbocycles. The number of carbonyl (C=O) groups excluding carboxylic acids is 3. The number of nitrogens with one attached hydrogen (secondary N) is 1. The van der Waals surface area contributed by atoms with Crippen molar-refractivity contribution in [3.05, 3.63) is 24.3 Å². The molecule has 0 aromatic carbocycles. The Morgan fingerprint density at radius 1 is 1.27 bits per heavy atom. The van der Waals surface area contributed by atoms with E-state index in [1.165, 1.54) is 7.11 Å². The average molecular weight is 360 g/mol. The standard InChI is InChI=1S/C18H24N4O4/c1-3-22(18(25)19-11-7-6-10-16(23)26-2)12-15-20-14-9-5-4-8-13(14)17(24)21-15/h4-5,8-9,13H,3,6-7,10-12H2,1-2H3,(H,19,25). The first-order valence-electron chi connectivity index (χ1n) is 8.69. The van der Waals surface area contributed by atoms with Crippen LogP contribution in [0.1, 0.15) is 26.2 Å². The van der Waals surface area contributed by atoms with Crippen LogP contribution < -0.4 is 5.32 Å². The minimum atomic E-state index is -0.414. The van der Waals surface area contributed by atoms with E-state index in [4.69, 9.17) is 0 Å². The summed E-state index contributed by atoms with van der Waals surface area (Å²) in [6, 6.07) is -0.248. The van der Waals surface area contributed by atoms with Crippen molar-refractivity contribution < 1.29 is 19.1 Å². The zero-order chi connectivity index (χ0) is 18.9. The van der Waals surface area contributed by atoms with Crippen molar-refractivity contribution in [2.75, 3.05) is 26.7 Å². The van der Waals surface area contributed by atoms with E-state index in [0.29, 0.717) is 43.9 Å². The third-order valence-corrected chi connectivity index (χ3v) is 4.08. The third kappa shape index (κ3) is 5.37. The fourth-order valence-electron chi connectivity index (χ4n) is 2.59. The number of amidine groups is 1. The summed E-state index contributed by atoms with van der Waals surface area (Å²) in [6.45, 7) is 2.94. The molecule has 0 aromatic heterocycles. The molecule has 8 heteroatoms. The van der Waals surface area contributed by atoms with Crippen LogP contribution in [-0.4, -0.2) is 61.1 Å². The SMILES string of the molecule is CCN(CC1=NC(=O)C2C=CC=CC2=N1)C(=O)NCCCCC(=O)OC. The first-order chi connectivity index (χ1) is 12.5. The number of urea groups is 1. The van der Waals surface area contributed by atoms with Crippen LogP contribution in [0.25, 0.3) is 0 Å². The molecule has 3 amide bonds. The monoisotopic (exact) mass is 360 g/mol. The van der Waals surface area contributed by atoms with Crippen molar-refractivity contribution in [2.45, 2.75) is 26.2 Å². The molecule has 1 aliphatic heterocycles. The normalized spacial score (nSPS) is 17.9. The molecule has 0 saturated heterocycles. The zero-order valence-corrected chi connectivity index (χ0v) is 15.1. The van der Waals surface area contributed by atoms with Crippen molar-refractivity contribution >= 4 is 29.5 Å². The first kappa shape index (κ1) is 19.6. The Morgan fingerprint density at radius 2 is 2.08 bits per heavy atom. The second-order valence-corrected chi connectivity index (χ2v) is 5.90. The van der Waals surface area contributed by atoms with Gasteiger partial charge in [-0.15, -0.1) is 0 Å². The van der Waals surface area contributed by atoms with E-state index >= 15 is 0 Å². The molecule has 2 aliphatic rings. The Balaban J connectivity index is 1.83. The lowest BCUT2D eigenvalue weighted by Gasteiger charge is -2.23. The van der Waals surface area contributed by atoms with E-state index in [0.717, 1.165) is 0 Å². The smallest absolute Gasteiger partial charge is 0.317 e. The maximum Gasteiger partial charge on any atom is 0.317 e. The van der Waals surface area contributed by atoms with E-state index in [1.807, 2.05) is 13.0 Å². The second kappa shape index (κ2) is 9.65. The quantitative estimate of drug-likeness (QED) is 0.523. The summed E-state index contributed by atoms with van der Waals surface area (Å²) >= 11 is 0. The predicted octanol–water partition coefficient (Wildman–Crippen LogP) is 1.48. The highest BCUT2D eigenvalue weighted by atomic mass is 16.5. The van der Waals surface area contributed by atoms with E-state index in [2.05, 4.69) is 20.0 Å². The molecule has 0 radical (unpaired) electrons. The number of likely N-dealkylation sites (N-methyl/N-ethyl adjacent to an activating group) is 1. The fourth-order valence-corrected chi connectivity index (χ4v) is 2.59. The number of ether oxygens (including phenoxy) is 1. The number of amides is 3. The maximum absolute atomic E-state index is 12.3. The summed E-state index contributed by atoms with van der Waals surface area (Å²) in [7, 11) is 1.35. The number of allylic oxidation sites excluding steroid dienone is 3. The fraction of sp³-hybridized carbons (Fsp3) is 0.500. The van der Waals surface area contributed by atoms with Crippen LogP contribution in [0.5, 0.6) is 0 Å². The van der Waals surface area contributed by atoms with Gasteiger partial charge >= 0.3 is 12.0 Å². The highest BCUT2D eigenvalue weighted by molar-refractivity contribution is 6.21. The van der Waals surface area contributed by atoms with E-state index < -0.39 is 5.92 Å². The number of methoxy groups -OCH3 is 1. The Labute approximate surface area is 152 Å². The van der Waals surface area contributed by atoms with Gasteiger partial charge < -0.3 is 15.0 Å². The number of hydrogen-bond acceptors (Lipinski definition) is 5. The Bertz CT molecular complexity index is 679. The van der Waals surface area contributed by atoms with Gasteiger partial charge in [-0.05, 0) is 25.8 Å². The topological polar surface area (TPSA) is 100 Å². The second-order valence-electron chi connectivity index (χ2n) is 5.90. The lowest BCUT2D eigenvalue weighted by Crippen LogP contribution is -2.43. The first-order valence-corrected chi connectivity index (χ1v) is 8.69. The van der Waals surface area contributed by atoms with Gasteiger partial charge in [-0.2, -0.15) is 4.99 Å². The number of esters is 1. The summed E-state index contributed by atoms with van der Waals surface area (Å²) in [6.07, 6.45) is 8.84. The molecule has 1 atom stereocenters. The molecule has 140 valence electrons. The van der Waals surface area contributed by atoms with Crippen molar-refractivity contribution in [2.24, 2.45) is 15.9 Å². The zero-order valence-electron chi connectivity index (χ0n) is 15.1. The van der Waals surface area contributed by atoms with Crippen LogP contribution in [-0.2, 0) is 14.3 Å². The largest absolute Gasteiger partial charge is 0.469 e. The molecular weight excluding hydrogens is 336 g/mol. The minimum Gasteiger partial charge on any atom is -0.469 e. The van der Waals surface area contributed by atoms with Crippen molar-refractivity contribution in [3.8, 4) is 0 Å². The van der Waals surface area contributed by atoms with E-state index in [9.17, 15) is 14.4 Å². The lowest BCUT2D eigenvalue weighted by atomic mass is 9.96. The van der Waals surface area contributed by atoms with Crippen molar-refractivity contribution in [3.63, 3.8) is 0 Å². The summed E-state index contributed by atoms with van der Waals surface area (Å²) in [4.78, 5) is 45.3. The van der Waals surface area contributed by atoms with Crippen molar-refractivity contribution in [1.29, 1.82) is 0 Å². The van der Waals surface area contributed by atoms with Gasteiger partial charge in [-0.3, -0.25) is 9.59 Å². The van der Waals surface area contributed by atoms with Crippen LogP contribution >= 0.6 is 0 Å². The molecular formula is C18H24N4O4. The Kier molecular flexibility index (Phi) is 7.25. The number of fused-ring (bicyclic) bond motifs is 1. The highest BCUT2D eigenvalue weighted by Crippen LogP contribution is 2.16. The maximum atomic E-state index is 12.3. The molecule has 1 N–H and O–H groups in total. The van der Waals surface area contributed by atoms with Gasteiger partial charge in [0.15, 0.2) is 5.84 Å². The van der Waals surface area contributed by atoms with E-state index in [-0.39, 0.29) is 24.5 Å². The molecule has 26 heavy (non-hydrogen) atoms. The van der Waals surface area contributed by atoms with Gasteiger partial charge in [-0.25, -0.2) is 9.79 Å². The van der Waals surface area contributed by atoms with Crippen LogP contribution in [0.2, 0.25) is 0 Å². The summed E-state index contributed by atoms with van der Waals surface area (Å²) < 4.78 is 4.57. The highest BCUT2D eigenvalue weighted by Gasteiger charge is 2.27. The molecule has 0 saturated carbocycles. The Hall–Kier alpha value is -2.77. The van der Waals surface area contributed by atoms with Gasteiger partial charge in [0.2, 0.25) is 0 Å². The lowest BCUT2D eigenvalue weighted by molar-refractivity contribution is -0.140. The van der Waals surface area contributed by atoms with Gasteiger partial charge in [0.05, 0.1) is 19.4 Å². The van der Waals surface area contributed by atoms with Crippen molar-refractivity contribution in [1.82, 2.24) is 10.2 Å². The molecule has 2 rings (SSSR count). The number of hydrogen-bond donors (Lipinski definition) is 1. The van der Waals surface area contributed by atoms with Gasteiger partial charge in [-0.1, -0.05) is 18.2 Å². The summed E-state index contributed by atoms with van der Waals surface area (Å²) in [5.74, 6) is -0.591.